The van der Waals surface area contributed by atoms with Crippen LogP contribution in [0.2, 0.25) is 0 Å². The Kier molecular flexibility index (Phi) is 6.51. The van der Waals surface area contributed by atoms with Crippen LogP contribution < -0.4 is 4.90 Å². The molecule has 0 fully saturated rings. The Morgan fingerprint density at radius 1 is 0.970 bits per heavy atom. The predicted octanol–water partition coefficient (Wildman–Crippen LogP) is 5.61. The van der Waals surface area contributed by atoms with E-state index in [1.165, 1.54) is 17.3 Å². The van der Waals surface area contributed by atoms with E-state index in [0.29, 0.717) is 12.3 Å². The Morgan fingerprint density at radius 3 is 2.45 bits per heavy atom. The van der Waals surface area contributed by atoms with Crippen molar-refractivity contribution in [2.45, 2.75) is 29.6 Å². The number of nitrogens with zero attached hydrogens (tertiary/aromatic N) is 4. The Hall–Kier alpha value is -3.03. The van der Waals surface area contributed by atoms with Gasteiger partial charge in [-0.3, -0.25) is 4.79 Å². The average Bonchev–Trinajstić information content (AvgIpc) is 3.21. The number of carbonyl (C=O) groups excluding carboxylic acids is 1. The van der Waals surface area contributed by atoms with Gasteiger partial charge in [0.05, 0.1) is 24.0 Å². The third-order valence-electron chi connectivity index (χ3n) is 5.70. The minimum atomic E-state index is 0.00289. The molecule has 3 aromatic carbocycles. The van der Waals surface area contributed by atoms with Crippen molar-refractivity contribution < 1.29 is 4.79 Å². The first-order valence-electron chi connectivity index (χ1n) is 10.9. The highest BCUT2D eigenvalue weighted by atomic mass is 32.2. The molecule has 33 heavy (non-hydrogen) atoms. The van der Waals surface area contributed by atoms with E-state index in [-0.39, 0.29) is 11.9 Å². The molecule has 0 bridgehead atoms. The number of anilines is 1. The van der Waals surface area contributed by atoms with Crippen molar-refractivity contribution in [2.24, 2.45) is 0 Å². The SMILES string of the molecule is Cc1nnc(SCC(=O)N2c3ccccc3SCC2c2ccccc2)n1Cc1ccccc1. The molecule has 7 heteroatoms. The number of fused-ring (bicyclic) bond motifs is 1. The lowest BCUT2D eigenvalue weighted by atomic mass is 10.1. The minimum Gasteiger partial charge on any atom is -0.302 e. The molecular formula is C26H24N4OS2. The highest BCUT2D eigenvalue weighted by molar-refractivity contribution is 8.00. The molecule has 1 atom stereocenters. The van der Waals surface area contributed by atoms with E-state index in [0.717, 1.165) is 32.9 Å². The highest BCUT2D eigenvalue weighted by Crippen LogP contribution is 2.43. The zero-order valence-electron chi connectivity index (χ0n) is 18.3. The molecule has 1 aliphatic rings. The van der Waals surface area contributed by atoms with E-state index >= 15 is 0 Å². The molecule has 5 nitrogen and oxygen atoms in total. The van der Waals surface area contributed by atoms with Crippen LogP contribution in [0, 0.1) is 6.92 Å². The van der Waals surface area contributed by atoms with Crippen molar-refractivity contribution in [3.8, 4) is 0 Å². The van der Waals surface area contributed by atoms with Gasteiger partial charge >= 0.3 is 0 Å². The molecule has 0 saturated carbocycles. The molecule has 0 aliphatic carbocycles. The van der Waals surface area contributed by atoms with Crippen molar-refractivity contribution in [1.29, 1.82) is 0 Å². The number of aryl methyl sites for hydroxylation is 1. The molecule has 0 N–H and O–H groups in total. The van der Waals surface area contributed by atoms with Gasteiger partial charge in [-0.1, -0.05) is 84.6 Å². The van der Waals surface area contributed by atoms with Crippen LogP contribution in [0.15, 0.2) is 95.0 Å². The number of rotatable bonds is 6. The number of thioether (sulfide) groups is 2. The van der Waals surface area contributed by atoms with Gasteiger partial charge in [-0.2, -0.15) is 0 Å². The number of para-hydroxylation sites is 1. The van der Waals surface area contributed by atoms with Gasteiger partial charge in [-0.15, -0.1) is 22.0 Å². The van der Waals surface area contributed by atoms with Crippen molar-refractivity contribution >= 4 is 35.1 Å². The predicted molar refractivity (Wildman–Crippen MR) is 135 cm³/mol. The average molecular weight is 473 g/mol. The third-order valence-corrected chi connectivity index (χ3v) is 7.79. The van der Waals surface area contributed by atoms with Gasteiger partial charge < -0.3 is 9.47 Å². The van der Waals surface area contributed by atoms with E-state index in [1.54, 1.807) is 0 Å². The van der Waals surface area contributed by atoms with Crippen LogP contribution in [-0.2, 0) is 11.3 Å². The second kappa shape index (κ2) is 9.85. The van der Waals surface area contributed by atoms with Crippen LogP contribution in [0.25, 0.3) is 0 Å². The van der Waals surface area contributed by atoms with Crippen LogP contribution in [0.4, 0.5) is 5.69 Å². The fourth-order valence-electron chi connectivity index (χ4n) is 4.03. The van der Waals surface area contributed by atoms with Crippen molar-refractivity contribution in [3.05, 3.63) is 102 Å². The number of aromatic nitrogens is 3. The van der Waals surface area contributed by atoms with Gasteiger partial charge in [0.1, 0.15) is 5.82 Å². The Labute approximate surface area is 202 Å². The topological polar surface area (TPSA) is 51.0 Å². The molecular weight excluding hydrogens is 448 g/mol. The van der Waals surface area contributed by atoms with Gasteiger partial charge in [-0.25, -0.2) is 0 Å². The lowest BCUT2D eigenvalue weighted by Gasteiger charge is -2.37. The maximum Gasteiger partial charge on any atom is 0.238 e. The summed E-state index contributed by atoms with van der Waals surface area (Å²) in [4.78, 5) is 16.7. The van der Waals surface area contributed by atoms with Gasteiger partial charge in [0, 0.05) is 10.6 Å². The van der Waals surface area contributed by atoms with Crippen LogP contribution in [0.1, 0.15) is 23.0 Å². The van der Waals surface area contributed by atoms with Crippen LogP contribution in [0.5, 0.6) is 0 Å². The first-order valence-corrected chi connectivity index (χ1v) is 12.8. The van der Waals surface area contributed by atoms with Crippen LogP contribution in [0.3, 0.4) is 0 Å². The number of amides is 1. The second-order valence-electron chi connectivity index (χ2n) is 7.86. The van der Waals surface area contributed by atoms with Gasteiger partial charge in [0.25, 0.3) is 0 Å². The third kappa shape index (κ3) is 4.70. The van der Waals surface area contributed by atoms with E-state index < -0.39 is 0 Å². The molecule has 0 saturated heterocycles. The number of hydrogen-bond donors (Lipinski definition) is 0. The first-order chi connectivity index (χ1) is 16.2. The molecule has 0 spiro atoms. The summed E-state index contributed by atoms with van der Waals surface area (Å²) in [6.45, 7) is 2.64. The van der Waals surface area contributed by atoms with E-state index in [2.05, 4.69) is 45.1 Å². The molecule has 4 aromatic rings. The van der Waals surface area contributed by atoms with Crippen molar-refractivity contribution in [2.75, 3.05) is 16.4 Å². The fraction of sp³-hybridized carbons (Fsp3) is 0.192. The van der Waals surface area contributed by atoms with Gasteiger partial charge in [0.2, 0.25) is 5.91 Å². The Bertz CT molecular complexity index is 1240. The second-order valence-corrected chi connectivity index (χ2v) is 9.86. The molecule has 2 heterocycles. The van der Waals surface area contributed by atoms with Crippen LogP contribution >= 0.6 is 23.5 Å². The molecule has 1 amide bonds. The summed E-state index contributed by atoms with van der Waals surface area (Å²) in [5.74, 6) is 2.06. The fourth-order valence-corrected chi connectivity index (χ4v) is 6.04. The van der Waals surface area contributed by atoms with Crippen molar-refractivity contribution in [3.63, 3.8) is 0 Å². The Morgan fingerprint density at radius 2 is 1.67 bits per heavy atom. The molecule has 5 rings (SSSR count). The molecule has 1 unspecified atom stereocenters. The monoisotopic (exact) mass is 472 g/mol. The molecule has 0 radical (unpaired) electrons. The lowest BCUT2D eigenvalue weighted by molar-refractivity contribution is -0.116. The Balaban J connectivity index is 1.39. The summed E-state index contributed by atoms with van der Waals surface area (Å²) in [5, 5.41) is 9.38. The number of carbonyl (C=O) groups is 1. The van der Waals surface area contributed by atoms with E-state index in [4.69, 9.17) is 0 Å². The lowest BCUT2D eigenvalue weighted by Crippen LogP contribution is -2.39. The van der Waals surface area contributed by atoms with Crippen LogP contribution in [-0.4, -0.2) is 32.2 Å². The maximum atomic E-state index is 13.6. The molecule has 166 valence electrons. The maximum absolute atomic E-state index is 13.6. The summed E-state index contributed by atoms with van der Waals surface area (Å²) in [6.07, 6.45) is 0. The normalized spacial score (nSPS) is 15.3. The zero-order chi connectivity index (χ0) is 22.6. The number of hydrogen-bond acceptors (Lipinski definition) is 5. The quantitative estimate of drug-likeness (QED) is 0.342. The largest absolute Gasteiger partial charge is 0.302 e. The van der Waals surface area contributed by atoms with E-state index in [1.807, 2.05) is 78.2 Å². The van der Waals surface area contributed by atoms with Crippen molar-refractivity contribution in [1.82, 2.24) is 14.8 Å². The summed E-state index contributed by atoms with van der Waals surface area (Å²) >= 11 is 3.26. The van der Waals surface area contributed by atoms with Gasteiger partial charge in [0.15, 0.2) is 5.16 Å². The van der Waals surface area contributed by atoms with E-state index in [9.17, 15) is 4.79 Å². The standard InChI is InChI=1S/C26H24N4OS2/c1-19-27-28-26(29(19)16-20-10-4-2-5-11-20)33-18-25(31)30-22-14-8-9-15-24(22)32-17-23(30)21-12-6-3-7-13-21/h2-15,23H,16-18H2,1H3. The summed E-state index contributed by atoms with van der Waals surface area (Å²) in [6, 6.07) is 28.7. The highest BCUT2D eigenvalue weighted by Gasteiger charge is 2.32. The zero-order valence-corrected chi connectivity index (χ0v) is 19.9. The number of benzene rings is 3. The molecule has 1 aromatic heterocycles. The summed E-state index contributed by atoms with van der Waals surface area (Å²) in [7, 11) is 0. The minimum absolute atomic E-state index is 0.00289. The smallest absolute Gasteiger partial charge is 0.238 e. The first kappa shape index (κ1) is 21.8. The molecule has 1 aliphatic heterocycles. The van der Waals surface area contributed by atoms with Gasteiger partial charge in [-0.05, 0) is 30.2 Å². The summed E-state index contributed by atoms with van der Waals surface area (Å²) in [5.41, 5.74) is 3.32. The summed E-state index contributed by atoms with van der Waals surface area (Å²) < 4.78 is 2.07.